The highest BCUT2D eigenvalue weighted by atomic mass is 35.5. The molecule has 30 heavy (non-hydrogen) atoms. The summed E-state index contributed by atoms with van der Waals surface area (Å²) in [5.74, 6) is 1.14. The maximum absolute atomic E-state index is 13.1. The Bertz CT molecular complexity index is 845. The Hall–Kier alpha value is -1.63. The molecule has 0 fully saturated rings. The van der Waals surface area contributed by atoms with Gasteiger partial charge in [0.2, 0.25) is 5.91 Å². The molecule has 1 aromatic heterocycles. The highest BCUT2D eigenvalue weighted by molar-refractivity contribution is 7.09. The van der Waals surface area contributed by atoms with Crippen molar-refractivity contribution in [3.8, 4) is 5.75 Å². The lowest BCUT2D eigenvalue weighted by Gasteiger charge is -2.34. The van der Waals surface area contributed by atoms with Crippen LogP contribution in [0.4, 0.5) is 0 Å². The van der Waals surface area contributed by atoms with Crippen LogP contribution in [0, 0.1) is 11.3 Å². The molecule has 0 saturated heterocycles. The van der Waals surface area contributed by atoms with Gasteiger partial charge in [0.05, 0.1) is 12.3 Å². The van der Waals surface area contributed by atoms with Gasteiger partial charge in [0.15, 0.2) is 0 Å². The Morgan fingerprint density at radius 2 is 2.00 bits per heavy atom. The number of hydrogen-bond donors (Lipinski definition) is 1. The number of aromatic nitrogens is 1. The van der Waals surface area contributed by atoms with E-state index in [1.165, 1.54) is 11.3 Å². The second kappa shape index (κ2) is 10.6. The summed E-state index contributed by atoms with van der Waals surface area (Å²) in [5.41, 5.74) is 1.42. The number of aliphatic hydroxyl groups is 1. The van der Waals surface area contributed by atoms with Crippen molar-refractivity contribution in [3.05, 3.63) is 44.9 Å². The van der Waals surface area contributed by atoms with Crippen LogP contribution in [0.25, 0.3) is 0 Å². The number of halogens is 1. The molecule has 2 rings (SSSR count). The van der Waals surface area contributed by atoms with Gasteiger partial charge in [-0.1, -0.05) is 46.2 Å². The minimum absolute atomic E-state index is 0.0813. The van der Waals surface area contributed by atoms with E-state index in [1.54, 1.807) is 6.07 Å². The molecule has 166 valence electrons. The van der Waals surface area contributed by atoms with Gasteiger partial charge in [0, 0.05) is 35.0 Å². The summed E-state index contributed by atoms with van der Waals surface area (Å²) in [4.78, 5) is 19.4. The molecule has 5 nitrogen and oxygen atoms in total. The first kappa shape index (κ1) is 24.6. The molecular formula is C23H33ClN2O3S. The van der Waals surface area contributed by atoms with E-state index in [0.29, 0.717) is 42.0 Å². The molecule has 1 atom stereocenters. The van der Waals surface area contributed by atoms with Gasteiger partial charge in [0.1, 0.15) is 17.4 Å². The summed E-state index contributed by atoms with van der Waals surface area (Å²) >= 11 is 7.72. The standard InChI is InChI=1S/C23H33ClN2O3S/c1-15(2)16(3)26(22(28)10-23(4,5)6)11-17-9-18(24)7-8-20(17)29-13-21-25-19(12-27)14-30-21/h7-9,14-16,27H,10-13H2,1-6H3/t16-/m0/s1. The summed E-state index contributed by atoms with van der Waals surface area (Å²) in [6.45, 7) is 13.2. The fraction of sp³-hybridized carbons (Fsp3) is 0.565. The molecule has 0 aliphatic carbocycles. The van der Waals surface area contributed by atoms with E-state index in [0.717, 1.165) is 10.6 Å². The second-order valence-corrected chi connectivity index (χ2v) is 10.6. The van der Waals surface area contributed by atoms with Crippen molar-refractivity contribution in [2.24, 2.45) is 11.3 Å². The Morgan fingerprint density at radius 1 is 1.30 bits per heavy atom. The topological polar surface area (TPSA) is 62.7 Å². The van der Waals surface area contributed by atoms with E-state index < -0.39 is 0 Å². The molecule has 1 N–H and O–H groups in total. The Balaban J connectivity index is 2.25. The van der Waals surface area contributed by atoms with Crippen LogP contribution >= 0.6 is 22.9 Å². The summed E-state index contributed by atoms with van der Waals surface area (Å²) in [7, 11) is 0. The van der Waals surface area contributed by atoms with Crippen LogP contribution in [0.3, 0.4) is 0 Å². The number of carbonyl (C=O) groups is 1. The van der Waals surface area contributed by atoms with Crippen LogP contribution in [-0.2, 0) is 24.6 Å². The molecule has 0 saturated carbocycles. The molecule has 7 heteroatoms. The molecule has 1 aromatic carbocycles. The lowest BCUT2D eigenvalue weighted by Crippen LogP contribution is -2.42. The van der Waals surface area contributed by atoms with E-state index in [4.69, 9.17) is 16.3 Å². The Morgan fingerprint density at radius 3 is 2.57 bits per heavy atom. The number of aliphatic hydroxyl groups excluding tert-OH is 1. The third kappa shape index (κ3) is 7.25. The van der Waals surface area contributed by atoms with Crippen molar-refractivity contribution < 1.29 is 14.6 Å². The van der Waals surface area contributed by atoms with E-state index in [2.05, 4.69) is 46.5 Å². The van der Waals surface area contributed by atoms with Gasteiger partial charge in [-0.25, -0.2) is 4.98 Å². The first-order chi connectivity index (χ1) is 14.0. The van der Waals surface area contributed by atoms with Gasteiger partial charge in [-0.3, -0.25) is 4.79 Å². The van der Waals surface area contributed by atoms with Gasteiger partial charge in [0.25, 0.3) is 0 Å². The molecule has 1 heterocycles. The summed E-state index contributed by atoms with van der Waals surface area (Å²) < 4.78 is 6.03. The van der Waals surface area contributed by atoms with E-state index in [-0.39, 0.29) is 24.0 Å². The molecular weight excluding hydrogens is 420 g/mol. The number of rotatable bonds is 9. The third-order valence-electron chi connectivity index (χ3n) is 4.93. The zero-order chi connectivity index (χ0) is 22.5. The van der Waals surface area contributed by atoms with Crippen LogP contribution in [0.1, 0.15) is 64.2 Å². The minimum atomic E-state index is -0.0883. The third-order valence-corrected chi connectivity index (χ3v) is 6.04. The number of hydrogen-bond acceptors (Lipinski definition) is 5. The smallest absolute Gasteiger partial charge is 0.223 e. The molecule has 2 aromatic rings. The fourth-order valence-electron chi connectivity index (χ4n) is 3.00. The van der Waals surface area contributed by atoms with Crippen LogP contribution < -0.4 is 4.74 Å². The van der Waals surface area contributed by atoms with Gasteiger partial charge >= 0.3 is 0 Å². The van der Waals surface area contributed by atoms with E-state index >= 15 is 0 Å². The largest absolute Gasteiger partial charge is 0.486 e. The highest BCUT2D eigenvalue weighted by Gasteiger charge is 2.27. The molecule has 0 aliphatic rings. The lowest BCUT2D eigenvalue weighted by atomic mass is 9.90. The summed E-state index contributed by atoms with van der Waals surface area (Å²) in [6.07, 6.45) is 0.476. The Labute approximate surface area is 189 Å². The van der Waals surface area contributed by atoms with Gasteiger partial charge in [-0.05, 0) is 36.5 Å². The number of thiazole rings is 1. The van der Waals surface area contributed by atoms with Crippen molar-refractivity contribution in [1.82, 2.24) is 9.88 Å². The van der Waals surface area contributed by atoms with Gasteiger partial charge < -0.3 is 14.7 Å². The second-order valence-electron chi connectivity index (χ2n) is 9.18. The molecule has 0 unspecified atom stereocenters. The average Bonchev–Trinajstić information content (AvgIpc) is 3.11. The van der Waals surface area contributed by atoms with E-state index in [9.17, 15) is 9.90 Å². The van der Waals surface area contributed by atoms with Crippen LogP contribution in [0.5, 0.6) is 5.75 Å². The first-order valence-corrected chi connectivity index (χ1v) is 11.5. The number of benzene rings is 1. The maximum atomic E-state index is 13.1. The van der Waals surface area contributed by atoms with Crippen molar-refractivity contribution in [2.75, 3.05) is 0 Å². The molecule has 0 bridgehead atoms. The van der Waals surface area contributed by atoms with Crippen LogP contribution in [-0.4, -0.2) is 26.9 Å². The molecule has 0 spiro atoms. The fourth-order valence-corrected chi connectivity index (χ4v) is 3.89. The number of carbonyl (C=O) groups excluding carboxylic acids is 1. The van der Waals surface area contributed by atoms with Crippen molar-refractivity contribution in [2.45, 2.75) is 73.8 Å². The van der Waals surface area contributed by atoms with Crippen molar-refractivity contribution >= 4 is 28.8 Å². The zero-order valence-corrected chi connectivity index (χ0v) is 20.3. The predicted molar refractivity (Wildman–Crippen MR) is 123 cm³/mol. The minimum Gasteiger partial charge on any atom is -0.486 e. The normalized spacial score (nSPS) is 12.8. The molecule has 1 amide bonds. The monoisotopic (exact) mass is 452 g/mol. The van der Waals surface area contributed by atoms with E-state index in [1.807, 2.05) is 22.4 Å². The van der Waals surface area contributed by atoms with Gasteiger partial charge in [-0.15, -0.1) is 11.3 Å². The lowest BCUT2D eigenvalue weighted by molar-refractivity contribution is -0.136. The number of amides is 1. The maximum Gasteiger partial charge on any atom is 0.223 e. The van der Waals surface area contributed by atoms with Crippen LogP contribution in [0.2, 0.25) is 5.02 Å². The SMILES string of the molecule is CC(C)[C@H](C)N(Cc1cc(Cl)ccc1OCc1nc(CO)cs1)C(=O)CC(C)(C)C. The number of nitrogens with zero attached hydrogens (tertiary/aromatic N) is 2. The van der Waals surface area contributed by atoms with Crippen molar-refractivity contribution in [3.63, 3.8) is 0 Å². The predicted octanol–water partition coefficient (Wildman–Crippen LogP) is 5.68. The molecule has 0 aliphatic heterocycles. The quantitative estimate of drug-likeness (QED) is 0.531. The summed E-state index contributed by atoms with van der Waals surface area (Å²) in [6, 6.07) is 5.57. The average molecular weight is 453 g/mol. The molecule has 0 radical (unpaired) electrons. The number of ether oxygens (including phenoxy) is 1. The van der Waals surface area contributed by atoms with Crippen molar-refractivity contribution in [1.29, 1.82) is 0 Å². The Kier molecular flexibility index (Phi) is 8.71. The zero-order valence-electron chi connectivity index (χ0n) is 18.7. The van der Waals surface area contributed by atoms with Crippen LogP contribution in [0.15, 0.2) is 23.6 Å². The summed E-state index contributed by atoms with van der Waals surface area (Å²) in [5, 5.41) is 12.4. The first-order valence-electron chi connectivity index (χ1n) is 10.2. The highest BCUT2D eigenvalue weighted by Crippen LogP contribution is 2.29. The van der Waals surface area contributed by atoms with Gasteiger partial charge in [-0.2, -0.15) is 0 Å².